The first kappa shape index (κ1) is 22.6. The van der Waals surface area contributed by atoms with Gasteiger partial charge in [0.2, 0.25) is 5.91 Å². The molecule has 0 bridgehead atoms. The zero-order valence-corrected chi connectivity index (χ0v) is 18.9. The number of aromatic nitrogens is 1. The molecular weight excluding hydrogens is 427 g/mol. The summed E-state index contributed by atoms with van der Waals surface area (Å²) in [6.45, 7) is 5.64. The number of pyridine rings is 1. The highest BCUT2D eigenvalue weighted by molar-refractivity contribution is 6.29. The van der Waals surface area contributed by atoms with Crippen molar-refractivity contribution in [3.05, 3.63) is 59.1 Å². The highest BCUT2D eigenvalue weighted by Gasteiger charge is 2.45. The van der Waals surface area contributed by atoms with Gasteiger partial charge >= 0.3 is 0 Å². The van der Waals surface area contributed by atoms with Gasteiger partial charge in [-0.05, 0) is 98.9 Å². The standard InChI is InChI=1S/C25H28ClFN4O/c1-3-20(21-12-18(27)4-6-22(21)29-2)16-8-14-10-17(11-15(14)9-16)24(28)25(32)31-19-5-7-23(26)30-13-19/h3-7,12-17,24H,2,8-11,28H2,1H3,(H,31,32)/b20-3-/t14-,15+,16-,17+,24?. The lowest BCUT2D eigenvalue weighted by molar-refractivity contribution is -0.118. The van der Waals surface area contributed by atoms with Gasteiger partial charge in [0.15, 0.2) is 0 Å². The average Bonchev–Trinajstić information content (AvgIpc) is 3.35. The molecule has 1 amide bonds. The van der Waals surface area contributed by atoms with Crippen LogP contribution in [0.15, 0.2) is 47.6 Å². The van der Waals surface area contributed by atoms with Crippen LogP contribution in [0.1, 0.15) is 38.2 Å². The first-order chi connectivity index (χ1) is 15.4. The van der Waals surface area contributed by atoms with Gasteiger partial charge in [-0.15, -0.1) is 0 Å². The van der Waals surface area contributed by atoms with Gasteiger partial charge in [-0.2, -0.15) is 0 Å². The molecule has 1 heterocycles. The summed E-state index contributed by atoms with van der Waals surface area (Å²) in [5.41, 5.74) is 9.61. The fourth-order valence-corrected chi connectivity index (χ4v) is 5.70. The molecule has 32 heavy (non-hydrogen) atoms. The molecule has 2 saturated carbocycles. The SMILES string of the molecule is C=Nc1ccc(F)cc1/C(=C\C)[C@@H]1C[C@@H]2C[C@H](C(N)C(=O)Nc3ccc(Cl)nc3)C[C@@H]2C1. The minimum Gasteiger partial charge on any atom is -0.323 e. The van der Waals surface area contributed by atoms with Crippen molar-refractivity contribution < 1.29 is 9.18 Å². The van der Waals surface area contributed by atoms with Crippen LogP contribution >= 0.6 is 11.6 Å². The Balaban J connectivity index is 1.39. The number of rotatable bonds is 6. The smallest absolute Gasteiger partial charge is 0.241 e. The molecule has 4 rings (SSSR count). The Bertz CT molecular complexity index is 1020. The molecular formula is C25H28ClFN4O. The van der Waals surface area contributed by atoms with Gasteiger partial charge in [0.05, 0.1) is 23.6 Å². The summed E-state index contributed by atoms with van der Waals surface area (Å²) in [5.74, 6) is 1.09. The Morgan fingerprint density at radius 1 is 1.28 bits per heavy atom. The van der Waals surface area contributed by atoms with Crippen LogP contribution in [0.3, 0.4) is 0 Å². The molecule has 1 aromatic carbocycles. The summed E-state index contributed by atoms with van der Waals surface area (Å²) in [7, 11) is 0. The summed E-state index contributed by atoms with van der Waals surface area (Å²) in [6, 6.07) is 7.44. The van der Waals surface area contributed by atoms with Crippen molar-refractivity contribution in [2.45, 2.75) is 38.6 Å². The minimum atomic E-state index is -0.560. The number of fused-ring (bicyclic) bond motifs is 1. The van der Waals surface area contributed by atoms with Gasteiger partial charge in [-0.3, -0.25) is 9.79 Å². The van der Waals surface area contributed by atoms with Crippen LogP contribution in [-0.4, -0.2) is 23.7 Å². The van der Waals surface area contributed by atoms with Crippen molar-refractivity contribution >= 4 is 41.2 Å². The Morgan fingerprint density at radius 2 is 2.00 bits per heavy atom. The molecule has 0 spiro atoms. The Kier molecular flexibility index (Phi) is 6.72. The van der Waals surface area contributed by atoms with Crippen molar-refractivity contribution in [3.8, 4) is 0 Å². The predicted molar refractivity (Wildman–Crippen MR) is 128 cm³/mol. The maximum absolute atomic E-state index is 13.9. The zero-order chi connectivity index (χ0) is 22.8. The lowest BCUT2D eigenvalue weighted by Crippen LogP contribution is -2.41. The first-order valence-corrected chi connectivity index (χ1v) is 11.4. The Hall–Kier alpha value is -2.57. The molecule has 2 aliphatic rings. The van der Waals surface area contributed by atoms with Crippen LogP contribution in [0, 0.1) is 29.5 Å². The molecule has 7 heteroatoms. The van der Waals surface area contributed by atoms with E-state index >= 15 is 0 Å². The van der Waals surface area contributed by atoms with Crippen LogP contribution in [0.25, 0.3) is 5.57 Å². The molecule has 2 aliphatic carbocycles. The monoisotopic (exact) mass is 454 g/mol. The van der Waals surface area contributed by atoms with E-state index in [1.54, 1.807) is 24.3 Å². The third-order valence-corrected chi connectivity index (χ3v) is 7.27. The zero-order valence-electron chi connectivity index (χ0n) is 18.1. The fraction of sp³-hybridized carbons (Fsp3) is 0.400. The quantitative estimate of drug-likeness (QED) is 0.438. The average molecular weight is 455 g/mol. The van der Waals surface area contributed by atoms with Crippen LogP contribution in [0.2, 0.25) is 5.15 Å². The third kappa shape index (κ3) is 4.62. The predicted octanol–water partition coefficient (Wildman–Crippen LogP) is 5.63. The van der Waals surface area contributed by atoms with E-state index in [1.807, 2.05) is 6.92 Å². The van der Waals surface area contributed by atoms with E-state index in [9.17, 15) is 9.18 Å². The molecule has 0 saturated heterocycles. The summed E-state index contributed by atoms with van der Waals surface area (Å²) >= 11 is 5.80. The van der Waals surface area contributed by atoms with E-state index in [1.165, 1.54) is 12.3 Å². The Labute approximate surface area is 193 Å². The molecule has 2 aromatic rings. The molecule has 0 aliphatic heterocycles. The van der Waals surface area contributed by atoms with E-state index in [-0.39, 0.29) is 17.6 Å². The van der Waals surface area contributed by atoms with Crippen LogP contribution in [0.4, 0.5) is 15.8 Å². The fourth-order valence-electron chi connectivity index (χ4n) is 5.59. The number of aliphatic imine (C=N–C) groups is 1. The normalized spacial score (nSPS) is 25.9. The second-order valence-electron chi connectivity index (χ2n) is 8.87. The van der Waals surface area contributed by atoms with Crippen LogP contribution in [0.5, 0.6) is 0 Å². The summed E-state index contributed by atoms with van der Waals surface area (Å²) in [5, 5.41) is 3.22. The number of anilines is 1. The number of carbonyl (C=O) groups excluding carboxylic acids is 1. The Morgan fingerprint density at radius 3 is 2.59 bits per heavy atom. The molecule has 0 radical (unpaired) electrons. The third-order valence-electron chi connectivity index (χ3n) is 7.05. The summed E-state index contributed by atoms with van der Waals surface area (Å²) in [6.07, 6.45) is 7.50. The van der Waals surface area contributed by atoms with E-state index in [4.69, 9.17) is 17.3 Å². The number of allylic oxidation sites excluding steroid dienone is 2. The van der Waals surface area contributed by atoms with Crippen LogP contribution in [-0.2, 0) is 4.79 Å². The van der Waals surface area contributed by atoms with Crippen molar-refractivity contribution in [2.75, 3.05) is 5.32 Å². The van der Waals surface area contributed by atoms with Gasteiger partial charge in [0.1, 0.15) is 11.0 Å². The lowest BCUT2D eigenvalue weighted by Gasteiger charge is -2.22. The second kappa shape index (κ2) is 9.51. The van der Waals surface area contributed by atoms with E-state index < -0.39 is 6.04 Å². The number of carbonyl (C=O) groups is 1. The number of nitrogens with two attached hydrogens (primary N) is 1. The van der Waals surface area contributed by atoms with Crippen molar-refractivity contribution in [1.82, 2.24) is 4.98 Å². The first-order valence-electron chi connectivity index (χ1n) is 11.0. The number of amides is 1. The molecule has 1 unspecified atom stereocenters. The van der Waals surface area contributed by atoms with Gasteiger partial charge in [-0.1, -0.05) is 17.7 Å². The van der Waals surface area contributed by atoms with E-state index in [0.29, 0.717) is 34.3 Å². The van der Waals surface area contributed by atoms with E-state index in [2.05, 4.69) is 28.1 Å². The van der Waals surface area contributed by atoms with Crippen LogP contribution < -0.4 is 11.1 Å². The van der Waals surface area contributed by atoms with Gasteiger partial charge in [0.25, 0.3) is 0 Å². The number of nitrogens with zero attached hydrogens (tertiary/aromatic N) is 2. The van der Waals surface area contributed by atoms with E-state index in [0.717, 1.165) is 36.8 Å². The van der Waals surface area contributed by atoms with Crippen molar-refractivity contribution in [1.29, 1.82) is 0 Å². The molecule has 3 N–H and O–H groups in total. The highest BCUT2D eigenvalue weighted by Crippen LogP contribution is 2.53. The molecule has 168 valence electrons. The van der Waals surface area contributed by atoms with Crippen molar-refractivity contribution in [3.63, 3.8) is 0 Å². The number of halogens is 2. The maximum atomic E-state index is 13.9. The number of hydrogen-bond donors (Lipinski definition) is 2. The molecule has 1 aromatic heterocycles. The molecule has 5 atom stereocenters. The second-order valence-corrected chi connectivity index (χ2v) is 9.26. The van der Waals surface area contributed by atoms with Gasteiger partial charge in [0, 0.05) is 5.56 Å². The molecule has 5 nitrogen and oxygen atoms in total. The largest absolute Gasteiger partial charge is 0.323 e. The minimum absolute atomic E-state index is 0.153. The van der Waals surface area contributed by atoms with Gasteiger partial charge in [-0.25, -0.2) is 9.37 Å². The van der Waals surface area contributed by atoms with Gasteiger partial charge < -0.3 is 11.1 Å². The number of nitrogens with one attached hydrogen (secondary N) is 1. The summed E-state index contributed by atoms with van der Waals surface area (Å²) < 4.78 is 13.9. The maximum Gasteiger partial charge on any atom is 0.241 e. The number of hydrogen-bond acceptors (Lipinski definition) is 4. The topological polar surface area (TPSA) is 80.4 Å². The summed E-state index contributed by atoms with van der Waals surface area (Å²) in [4.78, 5) is 20.7. The lowest BCUT2D eigenvalue weighted by atomic mass is 9.86. The number of benzene rings is 1. The van der Waals surface area contributed by atoms with Crippen molar-refractivity contribution in [2.24, 2.45) is 34.4 Å². The highest BCUT2D eigenvalue weighted by atomic mass is 35.5. The molecule has 2 fully saturated rings.